The summed E-state index contributed by atoms with van der Waals surface area (Å²) < 4.78 is 57.0. The predicted octanol–water partition coefficient (Wildman–Crippen LogP) is -1.22. The molecule has 84 valence electrons. The SMILES string of the molecule is CS(=O)(=O)N1CCN(S(=O)(=O)F)CC1. The Morgan fingerprint density at radius 2 is 1.29 bits per heavy atom. The molecule has 1 aliphatic rings. The Morgan fingerprint density at radius 1 is 0.929 bits per heavy atom. The van der Waals surface area contributed by atoms with E-state index in [0.29, 0.717) is 4.31 Å². The first-order valence-electron chi connectivity index (χ1n) is 3.86. The quantitative estimate of drug-likeness (QED) is 0.572. The Balaban J connectivity index is 2.65. The van der Waals surface area contributed by atoms with Gasteiger partial charge in [0, 0.05) is 26.2 Å². The summed E-state index contributed by atoms with van der Waals surface area (Å²) in [6, 6.07) is 0. The molecule has 0 radical (unpaired) electrons. The molecule has 0 atom stereocenters. The number of nitrogens with zero attached hydrogens (tertiary/aromatic N) is 2. The lowest BCUT2D eigenvalue weighted by molar-refractivity contribution is 0.265. The number of sulfonamides is 1. The van der Waals surface area contributed by atoms with Gasteiger partial charge in [-0.15, -0.1) is 0 Å². The summed E-state index contributed by atoms with van der Waals surface area (Å²) in [5, 5.41) is 0. The van der Waals surface area contributed by atoms with Crippen LogP contribution in [0.3, 0.4) is 0 Å². The summed E-state index contributed by atoms with van der Waals surface area (Å²) >= 11 is 0. The van der Waals surface area contributed by atoms with Crippen LogP contribution in [0, 0.1) is 0 Å². The van der Waals surface area contributed by atoms with Gasteiger partial charge in [-0.05, 0) is 0 Å². The van der Waals surface area contributed by atoms with E-state index in [0.717, 1.165) is 10.6 Å². The van der Waals surface area contributed by atoms with Gasteiger partial charge in [0.2, 0.25) is 10.0 Å². The van der Waals surface area contributed by atoms with Crippen LogP contribution in [0.25, 0.3) is 0 Å². The topological polar surface area (TPSA) is 74.8 Å². The Kier molecular flexibility index (Phi) is 3.14. The number of piperazine rings is 1. The molecule has 6 nitrogen and oxygen atoms in total. The van der Waals surface area contributed by atoms with Crippen LogP contribution in [0.1, 0.15) is 0 Å². The lowest BCUT2D eigenvalue weighted by Gasteiger charge is -2.29. The van der Waals surface area contributed by atoms with Gasteiger partial charge < -0.3 is 0 Å². The van der Waals surface area contributed by atoms with E-state index < -0.39 is 20.4 Å². The molecule has 0 spiro atoms. The van der Waals surface area contributed by atoms with Gasteiger partial charge in [-0.1, -0.05) is 3.89 Å². The zero-order chi connectivity index (χ0) is 11.0. The highest BCUT2D eigenvalue weighted by Gasteiger charge is 2.29. The number of halogens is 1. The second-order valence-electron chi connectivity index (χ2n) is 3.00. The van der Waals surface area contributed by atoms with Crippen molar-refractivity contribution in [3.63, 3.8) is 0 Å². The molecule has 0 N–H and O–H groups in total. The fourth-order valence-corrected chi connectivity index (χ4v) is 2.65. The van der Waals surface area contributed by atoms with Gasteiger partial charge in [-0.2, -0.15) is 17.0 Å². The lowest BCUT2D eigenvalue weighted by atomic mass is 10.4. The van der Waals surface area contributed by atoms with Crippen molar-refractivity contribution in [2.45, 2.75) is 0 Å². The maximum atomic E-state index is 12.4. The van der Waals surface area contributed by atoms with Crippen molar-refractivity contribution in [3.8, 4) is 0 Å². The largest absolute Gasteiger partial charge is 0.374 e. The first-order valence-corrected chi connectivity index (χ1v) is 7.05. The van der Waals surface area contributed by atoms with Crippen molar-refractivity contribution in [1.29, 1.82) is 0 Å². The maximum absolute atomic E-state index is 12.4. The summed E-state index contributed by atoms with van der Waals surface area (Å²) in [6.45, 7) is -0.262. The van der Waals surface area contributed by atoms with Gasteiger partial charge >= 0.3 is 10.4 Å². The van der Waals surface area contributed by atoms with Gasteiger partial charge in [0.05, 0.1) is 6.26 Å². The van der Waals surface area contributed by atoms with Crippen LogP contribution in [0.5, 0.6) is 0 Å². The minimum Gasteiger partial charge on any atom is -0.213 e. The van der Waals surface area contributed by atoms with E-state index >= 15 is 0 Å². The van der Waals surface area contributed by atoms with Crippen molar-refractivity contribution in [3.05, 3.63) is 0 Å². The normalized spacial score (nSPS) is 22.4. The van der Waals surface area contributed by atoms with Crippen molar-refractivity contribution < 1.29 is 20.7 Å². The summed E-state index contributed by atoms with van der Waals surface area (Å²) in [4.78, 5) is 0. The van der Waals surface area contributed by atoms with Gasteiger partial charge in [-0.3, -0.25) is 0 Å². The van der Waals surface area contributed by atoms with Crippen LogP contribution in [0.15, 0.2) is 0 Å². The predicted molar refractivity (Wildman–Crippen MR) is 48.0 cm³/mol. The van der Waals surface area contributed by atoms with E-state index in [1.807, 2.05) is 0 Å². The Morgan fingerprint density at radius 3 is 1.57 bits per heavy atom. The van der Waals surface area contributed by atoms with Crippen LogP contribution in [-0.2, 0) is 20.4 Å². The summed E-state index contributed by atoms with van der Waals surface area (Å²) in [5.74, 6) is 0. The van der Waals surface area contributed by atoms with Crippen molar-refractivity contribution in [2.75, 3.05) is 32.4 Å². The van der Waals surface area contributed by atoms with Crippen LogP contribution >= 0.6 is 0 Å². The number of rotatable bonds is 2. The second-order valence-corrected chi connectivity index (χ2v) is 6.33. The molecule has 1 rings (SSSR count). The third-order valence-electron chi connectivity index (χ3n) is 1.98. The third kappa shape index (κ3) is 2.87. The Hall–Kier alpha value is -0.250. The van der Waals surface area contributed by atoms with E-state index in [9.17, 15) is 20.7 Å². The molecule has 0 aromatic rings. The molecule has 0 aliphatic carbocycles. The Bertz CT molecular complexity index is 355. The molecule has 0 amide bonds. The summed E-state index contributed by atoms with van der Waals surface area (Å²) in [7, 11) is -7.99. The smallest absolute Gasteiger partial charge is 0.213 e. The fourth-order valence-electron chi connectivity index (χ4n) is 1.22. The van der Waals surface area contributed by atoms with Gasteiger partial charge in [-0.25, -0.2) is 8.42 Å². The molecule has 0 bridgehead atoms. The van der Waals surface area contributed by atoms with Crippen LogP contribution in [-0.4, -0.2) is 57.9 Å². The molecule has 0 saturated carbocycles. The molecule has 1 fully saturated rings. The molecular weight excluding hydrogens is 235 g/mol. The van der Waals surface area contributed by atoms with Crippen molar-refractivity contribution in [1.82, 2.24) is 8.61 Å². The standard InChI is InChI=1S/C5H11FN2O4S2/c1-13(9,10)7-2-4-8(5-3-7)14(6,11)12/h2-5H2,1H3. The average molecular weight is 246 g/mol. The monoisotopic (exact) mass is 246 g/mol. The molecule has 0 aromatic carbocycles. The highest BCUT2D eigenvalue weighted by atomic mass is 32.3. The van der Waals surface area contributed by atoms with E-state index in [-0.39, 0.29) is 26.2 Å². The molecule has 14 heavy (non-hydrogen) atoms. The first kappa shape index (κ1) is 11.8. The average Bonchev–Trinajstić information content (AvgIpc) is 2.01. The maximum Gasteiger partial charge on any atom is 0.374 e. The van der Waals surface area contributed by atoms with Crippen LogP contribution < -0.4 is 0 Å². The highest BCUT2D eigenvalue weighted by Crippen LogP contribution is 2.10. The van der Waals surface area contributed by atoms with Gasteiger partial charge in [0.25, 0.3) is 0 Å². The van der Waals surface area contributed by atoms with E-state index in [1.54, 1.807) is 0 Å². The van der Waals surface area contributed by atoms with Crippen LogP contribution in [0.2, 0.25) is 0 Å². The molecule has 9 heteroatoms. The molecule has 1 saturated heterocycles. The molecule has 0 aromatic heterocycles. The van der Waals surface area contributed by atoms with Gasteiger partial charge in [0.1, 0.15) is 0 Å². The summed E-state index contributed by atoms with van der Waals surface area (Å²) in [5.41, 5.74) is 0. The highest BCUT2D eigenvalue weighted by molar-refractivity contribution is 7.88. The zero-order valence-electron chi connectivity index (χ0n) is 7.55. The van der Waals surface area contributed by atoms with Gasteiger partial charge in [0.15, 0.2) is 0 Å². The molecule has 1 heterocycles. The summed E-state index contributed by atoms with van der Waals surface area (Å²) in [6.07, 6.45) is 1.03. The Labute approximate surface area is 82.7 Å². The van der Waals surface area contributed by atoms with Crippen LogP contribution in [0.4, 0.5) is 3.89 Å². The minimum absolute atomic E-state index is 0.00197. The van der Waals surface area contributed by atoms with E-state index in [2.05, 4.69) is 0 Å². The second kappa shape index (κ2) is 3.72. The van der Waals surface area contributed by atoms with Crippen molar-refractivity contribution >= 4 is 20.4 Å². The number of hydrogen-bond donors (Lipinski definition) is 0. The minimum atomic E-state index is -4.68. The molecular formula is C5H11FN2O4S2. The van der Waals surface area contributed by atoms with Crippen molar-refractivity contribution in [2.24, 2.45) is 0 Å². The zero-order valence-corrected chi connectivity index (χ0v) is 9.18. The van der Waals surface area contributed by atoms with E-state index in [1.165, 1.54) is 0 Å². The molecule has 0 unspecified atom stereocenters. The fraction of sp³-hybridized carbons (Fsp3) is 1.00. The lowest BCUT2D eigenvalue weighted by Crippen LogP contribution is -2.49. The third-order valence-corrected chi connectivity index (χ3v) is 4.26. The molecule has 1 aliphatic heterocycles. The number of hydrogen-bond acceptors (Lipinski definition) is 4. The van der Waals surface area contributed by atoms with E-state index in [4.69, 9.17) is 0 Å². The first-order chi connectivity index (χ1) is 6.21.